The molecule has 4 rings (SSSR count). The number of nitrogens with two attached hydrogens (primary N) is 1. The molecule has 0 saturated carbocycles. The van der Waals surface area contributed by atoms with Gasteiger partial charge >= 0.3 is 0 Å². The fourth-order valence-electron chi connectivity index (χ4n) is 3.75. The summed E-state index contributed by atoms with van der Waals surface area (Å²) in [6, 6.07) is 14.8. The van der Waals surface area contributed by atoms with E-state index in [1.54, 1.807) is 16.8 Å². The molecule has 0 aliphatic carbocycles. The molecule has 2 aromatic carbocycles. The van der Waals surface area contributed by atoms with Gasteiger partial charge in [-0.15, -0.1) is 0 Å². The summed E-state index contributed by atoms with van der Waals surface area (Å²) >= 11 is 5.31. The molecule has 1 fully saturated rings. The minimum Gasteiger partial charge on any atom is -0.368 e. The normalized spacial score (nSPS) is 15.6. The number of carbonyl (C=O) groups is 3. The van der Waals surface area contributed by atoms with E-state index in [1.165, 1.54) is 11.0 Å². The van der Waals surface area contributed by atoms with Gasteiger partial charge in [0.05, 0.1) is 5.69 Å². The standard InChI is InChI=1S/C23H20N4O3S/c1-2-14-7-3-5-9-18(14)27-22(30)17(21(29)25-23(27)31)11-15-12-26(13-20(24)28)19-10-6-4-8-16(15)19/h3-12H,2,13H2,1H3,(H2,24,28)(H,25,29,31). The van der Waals surface area contributed by atoms with Crippen molar-refractivity contribution in [1.29, 1.82) is 0 Å². The molecule has 1 saturated heterocycles. The van der Waals surface area contributed by atoms with Crippen molar-refractivity contribution < 1.29 is 14.4 Å². The van der Waals surface area contributed by atoms with Crippen LogP contribution in [0.5, 0.6) is 0 Å². The van der Waals surface area contributed by atoms with Crippen molar-refractivity contribution in [1.82, 2.24) is 9.88 Å². The first kappa shape index (κ1) is 20.5. The predicted molar refractivity (Wildman–Crippen MR) is 123 cm³/mol. The number of aromatic nitrogens is 1. The number of carbonyl (C=O) groups excluding carboxylic acids is 3. The molecule has 1 aliphatic heterocycles. The van der Waals surface area contributed by atoms with Crippen LogP contribution in [0.3, 0.4) is 0 Å². The summed E-state index contributed by atoms with van der Waals surface area (Å²) in [6.07, 6.45) is 3.94. The lowest BCUT2D eigenvalue weighted by Gasteiger charge is -2.30. The quantitative estimate of drug-likeness (QED) is 0.368. The predicted octanol–water partition coefficient (Wildman–Crippen LogP) is 2.52. The average Bonchev–Trinajstić information content (AvgIpc) is 3.08. The van der Waals surface area contributed by atoms with Gasteiger partial charge in [-0.05, 0) is 42.4 Å². The Morgan fingerprint density at radius 1 is 1.13 bits per heavy atom. The van der Waals surface area contributed by atoms with E-state index < -0.39 is 17.7 Å². The molecule has 0 atom stereocenters. The molecule has 0 spiro atoms. The van der Waals surface area contributed by atoms with Crippen LogP contribution in [0.4, 0.5) is 5.69 Å². The van der Waals surface area contributed by atoms with Gasteiger partial charge in [0, 0.05) is 22.7 Å². The van der Waals surface area contributed by atoms with E-state index in [-0.39, 0.29) is 17.2 Å². The van der Waals surface area contributed by atoms with E-state index in [4.69, 9.17) is 18.0 Å². The fourth-order valence-corrected chi connectivity index (χ4v) is 4.02. The van der Waals surface area contributed by atoms with Crippen LogP contribution in [0.15, 0.2) is 60.3 Å². The molecule has 1 aromatic heterocycles. The first-order valence-electron chi connectivity index (χ1n) is 9.76. The highest BCUT2D eigenvalue weighted by Crippen LogP contribution is 2.28. The number of hydrogen-bond acceptors (Lipinski definition) is 4. The second-order valence-electron chi connectivity index (χ2n) is 7.14. The van der Waals surface area contributed by atoms with Gasteiger partial charge < -0.3 is 10.3 Å². The van der Waals surface area contributed by atoms with Crippen LogP contribution >= 0.6 is 12.2 Å². The van der Waals surface area contributed by atoms with Crippen molar-refractivity contribution in [2.24, 2.45) is 5.73 Å². The zero-order chi connectivity index (χ0) is 22.1. The number of anilines is 1. The minimum atomic E-state index is -0.563. The number of nitrogens with zero attached hydrogens (tertiary/aromatic N) is 2. The Morgan fingerprint density at radius 3 is 2.58 bits per heavy atom. The summed E-state index contributed by atoms with van der Waals surface area (Å²) in [5.74, 6) is -1.55. The van der Waals surface area contributed by atoms with Gasteiger partial charge in [0.15, 0.2) is 5.11 Å². The Kier molecular flexibility index (Phi) is 5.39. The maximum Gasteiger partial charge on any atom is 0.270 e. The fraction of sp³-hybridized carbons (Fsp3) is 0.130. The maximum atomic E-state index is 13.4. The van der Waals surface area contributed by atoms with Crippen molar-refractivity contribution in [3.05, 3.63) is 71.4 Å². The number of aryl methyl sites for hydroxylation is 1. The maximum absolute atomic E-state index is 13.4. The number of hydrogen-bond donors (Lipinski definition) is 2. The van der Waals surface area contributed by atoms with E-state index in [0.717, 1.165) is 16.5 Å². The van der Waals surface area contributed by atoms with Crippen LogP contribution in [-0.2, 0) is 27.3 Å². The zero-order valence-electron chi connectivity index (χ0n) is 16.8. The summed E-state index contributed by atoms with van der Waals surface area (Å²) in [5.41, 5.74) is 8.31. The minimum absolute atomic E-state index is 0.0100. The Bertz CT molecular complexity index is 1270. The monoisotopic (exact) mass is 432 g/mol. The third-order valence-corrected chi connectivity index (χ3v) is 5.45. The third-order valence-electron chi connectivity index (χ3n) is 5.16. The van der Waals surface area contributed by atoms with Crippen molar-refractivity contribution >= 4 is 57.7 Å². The average molecular weight is 433 g/mol. The SMILES string of the molecule is CCc1ccccc1N1C(=O)C(=Cc2cn(CC(N)=O)c3ccccc23)C(=O)NC1=S. The van der Waals surface area contributed by atoms with Crippen LogP contribution < -0.4 is 16.0 Å². The first-order chi connectivity index (χ1) is 14.9. The molecule has 156 valence electrons. The molecule has 2 heterocycles. The Labute approximate surface area is 184 Å². The van der Waals surface area contributed by atoms with Gasteiger partial charge in [-0.1, -0.05) is 43.3 Å². The largest absolute Gasteiger partial charge is 0.368 e. The molecule has 3 aromatic rings. The van der Waals surface area contributed by atoms with Gasteiger partial charge in [0.2, 0.25) is 5.91 Å². The topological polar surface area (TPSA) is 97.4 Å². The Balaban J connectivity index is 1.82. The lowest BCUT2D eigenvalue weighted by Crippen LogP contribution is -2.54. The molecular formula is C23H20N4O3S. The second-order valence-corrected chi connectivity index (χ2v) is 7.52. The number of benzene rings is 2. The number of amides is 3. The van der Waals surface area contributed by atoms with Crippen LogP contribution in [0.25, 0.3) is 17.0 Å². The molecular weight excluding hydrogens is 412 g/mol. The molecule has 0 bridgehead atoms. The summed E-state index contributed by atoms with van der Waals surface area (Å²) in [6.45, 7) is 1.98. The van der Waals surface area contributed by atoms with Gasteiger partial charge in [0.25, 0.3) is 11.8 Å². The molecule has 8 heteroatoms. The van der Waals surface area contributed by atoms with Crippen molar-refractivity contribution in [3.63, 3.8) is 0 Å². The number of rotatable bonds is 5. The third kappa shape index (κ3) is 3.73. The van der Waals surface area contributed by atoms with E-state index in [1.807, 2.05) is 49.4 Å². The smallest absolute Gasteiger partial charge is 0.270 e. The van der Waals surface area contributed by atoms with Gasteiger partial charge in [0.1, 0.15) is 12.1 Å². The molecule has 0 radical (unpaired) electrons. The van der Waals surface area contributed by atoms with Gasteiger partial charge in [-0.3, -0.25) is 24.6 Å². The van der Waals surface area contributed by atoms with E-state index in [0.29, 0.717) is 17.7 Å². The Hall–Kier alpha value is -3.78. The highest BCUT2D eigenvalue weighted by Gasteiger charge is 2.35. The summed E-state index contributed by atoms with van der Waals surface area (Å²) in [7, 11) is 0. The number of para-hydroxylation sites is 2. The molecule has 31 heavy (non-hydrogen) atoms. The van der Waals surface area contributed by atoms with Crippen LogP contribution in [0, 0.1) is 0 Å². The first-order valence-corrected chi connectivity index (χ1v) is 10.2. The summed E-state index contributed by atoms with van der Waals surface area (Å²) in [4.78, 5) is 38.9. The van der Waals surface area contributed by atoms with Crippen molar-refractivity contribution in [2.45, 2.75) is 19.9 Å². The van der Waals surface area contributed by atoms with Crippen LogP contribution in [0.2, 0.25) is 0 Å². The van der Waals surface area contributed by atoms with Crippen LogP contribution in [-0.4, -0.2) is 27.4 Å². The molecule has 3 N–H and O–H groups in total. The molecule has 7 nitrogen and oxygen atoms in total. The Morgan fingerprint density at radius 2 is 1.84 bits per heavy atom. The highest BCUT2D eigenvalue weighted by molar-refractivity contribution is 7.80. The molecule has 1 aliphatic rings. The molecule has 0 unspecified atom stereocenters. The van der Waals surface area contributed by atoms with E-state index in [9.17, 15) is 14.4 Å². The van der Waals surface area contributed by atoms with E-state index in [2.05, 4.69) is 5.32 Å². The number of primary amides is 1. The lowest BCUT2D eigenvalue weighted by molar-refractivity contribution is -0.122. The highest BCUT2D eigenvalue weighted by atomic mass is 32.1. The van der Waals surface area contributed by atoms with Crippen molar-refractivity contribution in [2.75, 3.05) is 4.90 Å². The van der Waals surface area contributed by atoms with Crippen molar-refractivity contribution in [3.8, 4) is 0 Å². The van der Waals surface area contributed by atoms with E-state index >= 15 is 0 Å². The number of thiocarbonyl (C=S) groups is 1. The summed E-state index contributed by atoms with van der Waals surface area (Å²) in [5, 5.41) is 3.46. The zero-order valence-corrected chi connectivity index (χ0v) is 17.6. The van der Waals surface area contributed by atoms with Gasteiger partial charge in [-0.2, -0.15) is 0 Å². The summed E-state index contributed by atoms with van der Waals surface area (Å²) < 4.78 is 1.70. The second kappa shape index (κ2) is 8.16. The lowest BCUT2D eigenvalue weighted by atomic mass is 10.0. The molecule has 3 amide bonds. The number of fused-ring (bicyclic) bond motifs is 1. The van der Waals surface area contributed by atoms with Gasteiger partial charge in [-0.25, -0.2) is 0 Å². The van der Waals surface area contributed by atoms with Crippen LogP contribution in [0.1, 0.15) is 18.1 Å². The number of nitrogens with one attached hydrogen (secondary N) is 1.